The van der Waals surface area contributed by atoms with Gasteiger partial charge >= 0.3 is 0 Å². The number of ether oxygens (including phenoxy) is 2. The second kappa shape index (κ2) is 9.41. The van der Waals surface area contributed by atoms with Gasteiger partial charge in [0.2, 0.25) is 0 Å². The molecule has 0 bridgehead atoms. The molecular weight excluding hydrogens is 388 g/mol. The second-order valence-electron chi connectivity index (χ2n) is 5.52. The summed E-state index contributed by atoms with van der Waals surface area (Å²) >= 11 is 3.43. The second-order valence-corrected chi connectivity index (χ2v) is 6.37. The number of hydrogen-bond donors (Lipinski definition) is 3. The zero-order valence-electron chi connectivity index (χ0n) is 13.9. The van der Waals surface area contributed by atoms with Gasteiger partial charge in [0.05, 0.1) is 11.6 Å². The van der Waals surface area contributed by atoms with Gasteiger partial charge in [-0.15, -0.1) is 0 Å². The zero-order valence-corrected chi connectivity index (χ0v) is 15.5. The van der Waals surface area contributed by atoms with Gasteiger partial charge in [-0.2, -0.15) is 0 Å². The van der Waals surface area contributed by atoms with Crippen LogP contribution >= 0.6 is 15.9 Å². The lowest BCUT2D eigenvalue weighted by atomic mass is 10.1. The van der Waals surface area contributed by atoms with Gasteiger partial charge in [-0.3, -0.25) is 4.79 Å². The predicted octanol–water partition coefficient (Wildman–Crippen LogP) is 1.12. The van der Waals surface area contributed by atoms with Gasteiger partial charge in [0.15, 0.2) is 18.1 Å². The van der Waals surface area contributed by atoms with E-state index in [1.165, 1.54) is 7.11 Å². The number of aliphatic hydroxyl groups excluding tert-OH is 1. The molecule has 0 heterocycles. The summed E-state index contributed by atoms with van der Waals surface area (Å²) < 4.78 is 11.4. The van der Waals surface area contributed by atoms with E-state index in [0.29, 0.717) is 29.1 Å². The van der Waals surface area contributed by atoms with Crippen molar-refractivity contribution in [2.24, 2.45) is 5.73 Å². The highest BCUT2D eigenvalue weighted by Crippen LogP contribution is 2.36. The van der Waals surface area contributed by atoms with E-state index in [-0.39, 0.29) is 6.61 Å². The van der Waals surface area contributed by atoms with Crippen LogP contribution in [0.1, 0.15) is 17.2 Å². The summed E-state index contributed by atoms with van der Waals surface area (Å²) in [6.07, 6.45) is -0.523. The Kier molecular flexibility index (Phi) is 7.24. The number of rotatable bonds is 9. The Morgan fingerprint density at radius 3 is 2.68 bits per heavy atom. The van der Waals surface area contributed by atoms with Crippen LogP contribution in [0, 0.1) is 0 Å². The van der Waals surface area contributed by atoms with Crippen molar-refractivity contribution >= 4 is 21.8 Å². The normalized spacial score (nSPS) is 11.8. The first-order valence-electron chi connectivity index (χ1n) is 7.83. The van der Waals surface area contributed by atoms with E-state index in [1.54, 1.807) is 0 Å². The van der Waals surface area contributed by atoms with E-state index in [2.05, 4.69) is 15.9 Å². The molecular formula is C18H22BrN2O4+. The monoisotopic (exact) mass is 409 g/mol. The van der Waals surface area contributed by atoms with Gasteiger partial charge in [0.25, 0.3) is 5.91 Å². The minimum absolute atomic E-state index is 0.219. The van der Waals surface area contributed by atoms with E-state index >= 15 is 0 Å². The molecule has 7 heteroatoms. The van der Waals surface area contributed by atoms with E-state index in [0.717, 1.165) is 11.1 Å². The number of hydrogen-bond acceptors (Lipinski definition) is 4. The number of benzene rings is 2. The third-order valence-electron chi connectivity index (χ3n) is 3.60. The number of carbonyl (C=O) groups is 1. The fourth-order valence-corrected chi connectivity index (χ4v) is 3.00. The third-order valence-corrected chi connectivity index (χ3v) is 4.19. The standard InChI is InChI=1S/C18H21BrN2O4/c1-24-16-8-12(7-14(19)18(16)25-11-17(20)23)9-21-10-15(22)13-5-3-2-4-6-13/h2-8,15,21-22H,9-11H2,1H3,(H2,20,23)/p+1/t15-/m0/s1. The van der Waals surface area contributed by atoms with Gasteiger partial charge in [-0.25, -0.2) is 0 Å². The molecule has 25 heavy (non-hydrogen) atoms. The van der Waals surface area contributed by atoms with Crippen LogP contribution in [-0.4, -0.2) is 31.3 Å². The van der Waals surface area contributed by atoms with Crippen LogP contribution in [0.5, 0.6) is 11.5 Å². The Morgan fingerprint density at radius 1 is 1.32 bits per heavy atom. The maximum atomic E-state index is 10.9. The number of amides is 1. The number of nitrogens with two attached hydrogens (primary N) is 2. The van der Waals surface area contributed by atoms with Gasteiger partial charge in [-0.05, 0) is 33.6 Å². The molecule has 0 saturated heterocycles. The number of aliphatic hydroxyl groups is 1. The van der Waals surface area contributed by atoms with Crippen LogP contribution in [0.2, 0.25) is 0 Å². The number of quaternary nitrogens is 1. The highest BCUT2D eigenvalue weighted by atomic mass is 79.9. The highest BCUT2D eigenvalue weighted by molar-refractivity contribution is 9.10. The molecule has 5 N–H and O–H groups in total. The summed E-state index contributed by atoms with van der Waals surface area (Å²) in [6.45, 7) is 0.989. The average molecular weight is 410 g/mol. The minimum Gasteiger partial charge on any atom is -0.493 e. The van der Waals surface area contributed by atoms with E-state index in [9.17, 15) is 9.90 Å². The van der Waals surface area contributed by atoms with Crippen molar-refractivity contribution in [3.63, 3.8) is 0 Å². The maximum absolute atomic E-state index is 10.9. The molecule has 0 radical (unpaired) electrons. The van der Waals surface area contributed by atoms with Crippen LogP contribution in [0.4, 0.5) is 0 Å². The molecule has 0 aliphatic carbocycles. The Hall–Kier alpha value is -2.09. The maximum Gasteiger partial charge on any atom is 0.255 e. The third kappa shape index (κ3) is 5.74. The highest BCUT2D eigenvalue weighted by Gasteiger charge is 2.14. The molecule has 0 saturated carbocycles. The lowest BCUT2D eigenvalue weighted by Crippen LogP contribution is -2.83. The summed E-state index contributed by atoms with van der Waals surface area (Å²) in [4.78, 5) is 10.9. The summed E-state index contributed by atoms with van der Waals surface area (Å²) in [5.41, 5.74) is 7.00. The lowest BCUT2D eigenvalue weighted by molar-refractivity contribution is -0.677. The molecule has 0 unspecified atom stereocenters. The fourth-order valence-electron chi connectivity index (χ4n) is 2.39. The van der Waals surface area contributed by atoms with Gasteiger partial charge < -0.3 is 25.6 Å². The Bertz CT molecular complexity index is 710. The molecule has 1 amide bonds. The molecule has 0 spiro atoms. The first-order valence-corrected chi connectivity index (χ1v) is 8.62. The first kappa shape index (κ1) is 19.2. The molecule has 0 aromatic heterocycles. The fraction of sp³-hybridized carbons (Fsp3) is 0.278. The smallest absolute Gasteiger partial charge is 0.255 e. The Morgan fingerprint density at radius 2 is 2.04 bits per heavy atom. The molecule has 0 fully saturated rings. The topological polar surface area (TPSA) is 98.4 Å². The lowest BCUT2D eigenvalue weighted by Gasteiger charge is -2.14. The van der Waals surface area contributed by atoms with E-state index in [1.807, 2.05) is 47.8 Å². The van der Waals surface area contributed by atoms with Gasteiger partial charge in [-0.1, -0.05) is 30.3 Å². The number of primary amides is 1. The van der Waals surface area contributed by atoms with Crippen molar-refractivity contribution in [3.05, 3.63) is 58.1 Å². The van der Waals surface area contributed by atoms with Crippen molar-refractivity contribution in [3.8, 4) is 11.5 Å². The van der Waals surface area contributed by atoms with Crippen LogP contribution in [0.15, 0.2) is 46.9 Å². The molecule has 0 aliphatic rings. The van der Waals surface area contributed by atoms with Crippen LogP contribution in [0.25, 0.3) is 0 Å². The number of carbonyl (C=O) groups excluding carboxylic acids is 1. The Balaban J connectivity index is 1.98. The summed E-state index contributed by atoms with van der Waals surface area (Å²) in [7, 11) is 1.53. The van der Waals surface area contributed by atoms with Crippen LogP contribution in [0.3, 0.4) is 0 Å². The van der Waals surface area contributed by atoms with E-state index in [4.69, 9.17) is 15.2 Å². The van der Waals surface area contributed by atoms with Crippen LogP contribution in [-0.2, 0) is 11.3 Å². The predicted molar refractivity (Wildman–Crippen MR) is 97.3 cm³/mol. The molecule has 2 aromatic carbocycles. The molecule has 0 aliphatic heterocycles. The molecule has 134 valence electrons. The molecule has 2 aromatic rings. The molecule has 1 atom stereocenters. The van der Waals surface area contributed by atoms with Gasteiger partial charge in [0.1, 0.15) is 19.2 Å². The molecule has 6 nitrogen and oxygen atoms in total. The number of methoxy groups -OCH3 is 1. The zero-order chi connectivity index (χ0) is 18.2. The van der Waals surface area contributed by atoms with Crippen molar-refractivity contribution < 1.29 is 24.7 Å². The SMILES string of the molecule is COc1cc(C[NH2+]C[C@H](O)c2ccccc2)cc(Br)c1OCC(N)=O. The van der Waals surface area contributed by atoms with Crippen LogP contribution < -0.4 is 20.5 Å². The summed E-state index contributed by atoms with van der Waals surface area (Å²) in [5, 5.41) is 12.2. The van der Waals surface area contributed by atoms with E-state index < -0.39 is 12.0 Å². The summed E-state index contributed by atoms with van der Waals surface area (Å²) in [5.74, 6) is 0.401. The van der Waals surface area contributed by atoms with Crippen molar-refractivity contribution in [2.75, 3.05) is 20.3 Å². The Labute approximate surface area is 155 Å². The van der Waals surface area contributed by atoms with Crippen molar-refractivity contribution in [1.29, 1.82) is 0 Å². The number of halogens is 1. The largest absolute Gasteiger partial charge is 0.493 e. The minimum atomic E-state index is -0.554. The summed E-state index contributed by atoms with van der Waals surface area (Å²) in [6, 6.07) is 13.3. The van der Waals surface area contributed by atoms with Crippen molar-refractivity contribution in [2.45, 2.75) is 12.6 Å². The first-order chi connectivity index (χ1) is 12.0. The van der Waals surface area contributed by atoms with Gasteiger partial charge in [0, 0.05) is 5.56 Å². The quantitative estimate of drug-likeness (QED) is 0.577. The average Bonchev–Trinajstić information content (AvgIpc) is 2.60. The molecule has 2 rings (SSSR count). The van der Waals surface area contributed by atoms with Crippen molar-refractivity contribution in [1.82, 2.24) is 0 Å².